The molecule has 0 bridgehead atoms. The maximum atomic E-state index is 13.9. The Hall–Kier alpha value is -1.63. The van der Waals surface area contributed by atoms with E-state index in [-0.39, 0.29) is 30.6 Å². The molecule has 0 radical (unpaired) electrons. The van der Waals surface area contributed by atoms with E-state index >= 15 is 0 Å². The summed E-state index contributed by atoms with van der Waals surface area (Å²) in [4.78, 5) is 13.9. The summed E-state index contributed by atoms with van der Waals surface area (Å²) in [6, 6.07) is 10.3. The predicted molar refractivity (Wildman–Crippen MR) is 147 cm³/mol. The van der Waals surface area contributed by atoms with Crippen molar-refractivity contribution in [2.45, 2.75) is 88.7 Å². The van der Waals surface area contributed by atoms with E-state index in [0.717, 1.165) is 12.8 Å². The van der Waals surface area contributed by atoms with Crippen molar-refractivity contribution in [3.8, 4) is 23.7 Å². The first-order valence-electron chi connectivity index (χ1n) is 12.4. The van der Waals surface area contributed by atoms with Crippen LogP contribution in [0.25, 0.3) is 0 Å². The van der Waals surface area contributed by atoms with Crippen molar-refractivity contribution in [3.05, 3.63) is 42.5 Å². The van der Waals surface area contributed by atoms with Gasteiger partial charge in [-0.2, -0.15) is 0 Å². The van der Waals surface area contributed by atoms with Gasteiger partial charge >= 0.3 is 206 Å². The van der Waals surface area contributed by atoms with Gasteiger partial charge in [-0.3, -0.25) is 0 Å². The Balaban J connectivity index is 2.31. The summed E-state index contributed by atoms with van der Waals surface area (Å²) in [7, 11) is -2.24. The molecule has 0 saturated heterocycles. The molecule has 190 valence electrons. The maximum absolute atomic E-state index is 13.9. The van der Waals surface area contributed by atoms with Crippen molar-refractivity contribution < 1.29 is 18.7 Å². The van der Waals surface area contributed by atoms with Crippen LogP contribution in [0.4, 0.5) is 0 Å². The van der Waals surface area contributed by atoms with Crippen LogP contribution >= 0.6 is 0 Å². The third-order valence-corrected chi connectivity index (χ3v) is 13.5. The number of allylic oxidation sites excluding steroid dienone is 2. The second-order valence-electron chi connectivity index (χ2n) is 10.00. The van der Waals surface area contributed by atoms with Gasteiger partial charge in [-0.25, -0.2) is 0 Å². The molecule has 0 amide bonds. The van der Waals surface area contributed by atoms with Crippen LogP contribution < -0.4 is 4.46 Å². The average Bonchev–Trinajstić information content (AvgIpc) is 2.79. The number of Topliss-reactive ketones (excluding diaryl/α,β-unsaturated/α-hetero) is 1. The fraction of sp³-hybridized carbons (Fsp3) is 0.552. The molecule has 0 heterocycles. The minimum absolute atomic E-state index is 0.0195. The van der Waals surface area contributed by atoms with Gasteiger partial charge in [-0.15, -0.1) is 0 Å². The average molecular weight is 560 g/mol. The molecular formula is C29H40O4SeSi. The van der Waals surface area contributed by atoms with Gasteiger partial charge < -0.3 is 0 Å². The number of hydrogen-bond acceptors (Lipinski definition) is 4. The van der Waals surface area contributed by atoms with Crippen LogP contribution in [0.3, 0.4) is 0 Å². The van der Waals surface area contributed by atoms with Gasteiger partial charge in [-0.1, -0.05) is 0 Å². The number of carbonyl (C=O) groups excluding carboxylic acids is 1. The third-order valence-electron chi connectivity index (χ3n) is 6.30. The second-order valence-corrected chi connectivity index (χ2v) is 17.4. The monoisotopic (exact) mass is 560 g/mol. The minimum atomic E-state index is -2.24. The van der Waals surface area contributed by atoms with Crippen molar-refractivity contribution in [2.75, 3.05) is 13.2 Å². The summed E-state index contributed by atoms with van der Waals surface area (Å²) >= 11 is 0.0529. The van der Waals surface area contributed by atoms with E-state index in [1.54, 1.807) is 12.2 Å². The van der Waals surface area contributed by atoms with E-state index in [2.05, 4.69) is 69.7 Å². The molecule has 0 aromatic heterocycles. The van der Waals surface area contributed by atoms with Gasteiger partial charge in [0.1, 0.15) is 0 Å². The summed E-state index contributed by atoms with van der Waals surface area (Å²) in [5, 5.41) is -0.0195. The van der Waals surface area contributed by atoms with Crippen LogP contribution in [0.1, 0.15) is 53.9 Å². The first-order chi connectivity index (χ1) is 16.5. The van der Waals surface area contributed by atoms with Gasteiger partial charge in [0, 0.05) is 0 Å². The summed E-state index contributed by atoms with van der Waals surface area (Å²) in [5.74, 6) is 12.4. The SMILES string of the molecule is CCOC(C#CC=CC#CC1(O[Si](C)(C)C(C)(C)C)CCCC([Se]c2ccccc2)C1=O)OCC. The zero-order chi connectivity index (χ0) is 26.0. The molecule has 2 rings (SSSR count). The van der Waals surface area contributed by atoms with E-state index in [1.165, 1.54) is 4.46 Å². The van der Waals surface area contributed by atoms with Gasteiger partial charge in [0.25, 0.3) is 0 Å². The molecule has 4 nitrogen and oxygen atoms in total. The molecule has 1 aromatic carbocycles. The Labute approximate surface area is 219 Å². The fourth-order valence-corrected chi connectivity index (χ4v) is 7.46. The number of benzene rings is 1. The van der Waals surface area contributed by atoms with Crippen molar-refractivity contribution in [2.24, 2.45) is 0 Å². The van der Waals surface area contributed by atoms with E-state index in [0.29, 0.717) is 19.6 Å². The number of carbonyl (C=O) groups is 1. The Morgan fingerprint density at radius 3 is 2.34 bits per heavy atom. The predicted octanol–water partition coefficient (Wildman–Crippen LogP) is 5.28. The summed E-state index contributed by atoms with van der Waals surface area (Å²) in [6.07, 6.45) is 5.30. The molecule has 1 fully saturated rings. The van der Waals surface area contributed by atoms with Crippen molar-refractivity contribution in [3.63, 3.8) is 0 Å². The first-order valence-corrected chi connectivity index (χ1v) is 17.2. The van der Waals surface area contributed by atoms with Crippen LogP contribution in [0.2, 0.25) is 22.9 Å². The van der Waals surface area contributed by atoms with Crippen molar-refractivity contribution >= 4 is 33.5 Å². The van der Waals surface area contributed by atoms with Crippen molar-refractivity contribution in [1.29, 1.82) is 0 Å². The second kappa shape index (κ2) is 13.6. The normalized spacial score (nSPS) is 20.9. The molecule has 1 saturated carbocycles. The van der Waals surface area contributed by atoms with Gasteiger partial charge in [0.15, 0.2) is 0 Å². The molecule has 1 aromatic rings. The minimum Gasteiger partial charge on any atom is -0.0414 e. The molecule has 1 aliphatic carbocycles. The number of rotatable bonds is 8. The molecule has 0 spiro atoms. The third kappa shape index (κ3) is 8.76. The zero-order valence-electron chi connectivity index (χ0n) is 22.3. The van der Waals surface area contributed by atoms with Gasteiger partial charge in [0.05, 0.1) is 0 Å². The Kier molecular flexibility index (Phi) is 11.5. The molecule has 35 heavy (non-hydrogen) atoms. The topological polar surface area (TPSA) is 44.8 Å². The molecular weight excluding hydrogens is 519 g/mol. The molecule has 0 N–H and O–H groups in total. The van der Waals surface area contributed by atoms with E-state index in [9.17, 15) is 4.79 Å². The van der Waals surface area contributed by atoms with Crippen LogP contribution in [-0.2, 0) is 18.7 Å². The van der Waals surface area contributed by atoms with Crippen molar-refractivity contribution in [1.82, 2.24) is 0 Å². The molecule has 0 aliphatic heterocycles. The number of ether oxygens (including phenoxy) is 2. The molecule has 1 aliphatic rings. The summed E-state index contributed by atoms with van der Waals surface area (Å²) in [6.45, 7) is 15.9. The first kappa shape index (κ1) is 29.6. The van der Waals surface area contributed by atoms with Gasteiger partial charge in [0.2, 0.25) is 0 Å². The smallest absolute Gasteiger partial charge is 0.0414 e. The van der Waals surface area contributed by atoms with E-state index in [4.69, 9.17) is 13.9 Å². The number of ketones is 1. The van der Waals surface area contributed by atoms with E-state index < -0.39 is 20.2 Å². The van der Waals surface area contributed by atoms with Crippen LogP contribution in [0, 0.1) is 23.7 Å². The van der Waals surface area contributed by atoms with Crippen LogP contribution in [0.5, 0.6) is 0 Å². The summed E-state index contributed by atoms with van der Waals surface area (Å²) in [5.41, 5.74) is -1.06. The Morgan fingerprint density at radius 2 is 1.74 bits per heavy atom. The van der Waals surface area contributed by atoms with Crippen LogP contribution in [-0.4, -0.2) is 54.2 Å². The molecule has 6 heteroatoms. The Morgan fingerprint density at radius 1 is 1.11 bits per heavy atom. The summed E-state index contributed by atoms with van der Waals surface area (Å²) < 4.78 is 18.9. The molecule has 2 unspecified atom stereocenters. The quantitative estimate of drug-likeness (QED) is 0.247. The zero-order valence-corrected chi connectivity index (χ0v) is 25.0. The fourth-order valence-electron chi connectivity index (χ4n) is 3.46. The van der Waals surface area contributed by atoms with Crippen LogP contribution in [0.15, 0.2) is 42.5 Å². The Bertz CT molecular complexity index is 969. The number of hydrogen-bond donors (Lipinski definition) is 0. The standard InChI is InChI=1S/C29H40O4SeSi/c1-8-31-26(32-9-2)21-15-10-11-16-22-29(33-35(6,7)28(3,4)5)23-17-20-25(27(29)30)34-24-18-13-12-14-19-24/h10-14,18-19,25-26H,8-9,17,20,23H2,1-7H3. The van der Waals surface area contributed by atoms with Gasteiger partial charge in [-0.05, 0) is 13.8 Å². The van der Waals surface area contributed by atoms with E-state index in [1.807, 2.05) is 32.0 Å². The molecule has 2 atom stereocenters.